The number of fused-ring (bicyclic) bond motifs is 2. The van der Waals surface area contributed by atoms with Crippen molar-refractivity contribution in [2.24, 2.45) is 11.8 Å². The van der Waals surface area contributed by atoms with E-state index in [2.05, 4.69) is 17.1 Å². The summed E-state index contributed by atoms with van der Waals surface area (Å²) in [6.45, 7) is 9.66. The van der Waals surface area contributed by atoms with Gasteiger partial charge in [-0.3, -0.25) is 19.3 Å². The number of hydrogen-bond acceptors (Lipinski definition) is 7. The second kappa shape index (κ2) is 11.8. The normalized spacial score (nSPS) is 33.8. The number of aliphatic hydroxyl groups excluding tert-OH is 1. The van der Waals surface area contributed by atoms with Gasteiger partial charge in [0.25, 0.3) is 0 Å². The number of likely N-dealkylation sites (tertiary alicyclic amines) is 1. The Kier molecular flexibility index (Phi) is 8.26. The molecule has 5 heterocycles. The zero-order valence-corrected chi connectivity index (χ0v) is 25.4. The fourth-order valence-electron chi connectivity index (χ4n) is 7.68. The minimum atomic E-state index is -0.932. The van der Waals surface area contributed by atoms with Gasteiger partial charge in [0.1, 0.15) is 6.04 Å². The number of carbonyl (C=O) groups is 3. The predicted molar refractivity (Wildman–Crippen MR) is 162 cm³/mol. The van der Waals surface area contributed by atoms with Gasteiger partial charge < -0.3 is 24.5 Å². The van der Waals surface area contributed by atoms with E-state index < -0.39 is 33.4 Å². The Labute approximate surface area is 252 Å². The van der Waals surface area contributed by atoms with Gasteiger partial charge >= 0.3 is 0 Å². The van der Waals surface area contributed by atoms with E-state index in [1.807, 2.05) is 66.1 Å². The van der Waals surface area contributed by atoms with E-state index in [1.54, 1.807) is 16.7 Å². The van der Waals surface area contributed by atoms with E-state index in [-0.39, 0.29) is 24.3 Å². The first-order chi connectivity index (χ1) is 20.3. The standard InChI is InChI=1S/C32H42N4O5S/c1-3-13-34-14-7-11-31(2)25(28(34)38)26-29(39)36(24(22-37)23-9-5-4-6-10-23)27-30(40)35(15-8-12-32(26,27)42-31)17-16-33-18-20-41-21-19-33/h4-12,24-27,37H,3,13-22H2,1-2H3/t24-,25+,26+,27?,31-,32+/m1/s1. The molecule has 5 aliphatic rings. The number of benzene rings is 1. The van der Waals surface area contributed by atoms with Crippen molar-refractivity contribution >= 4 is 29.5 Å². The Morgan fingerprint density at radius 1 is 0.929 bits per heavy atom. The van der Waals surface area contributed by atoms with Crippen LogP contribution in [0, 0.1) is 11.8 Å². The summed E-state index contributed by atoms with van der Waals surface area (Å²) >= 11 is 1.59. The lowest BCUT2D eigenvalue weighted by atomic mass is 9.74. The molecule has 5 aliphatic heterocycles. The molecule has 0 saturated carbocycles. The second-order valence-corrected chi connectivity index (χ2v) is 14.0. The van der Waals surface area contributed by atoms with Crippen LogP contribution in [-0.4, -0.2) is 124 Å². The third-order valence-electron chi connectivity index (χ3n) is 9.64. The lowest BCUT2D eigenvalue weighted by Crippen LogP contribution is -2.55. The smallest absolute Gasteiger partial charge is 0.247 e. The molecule has 226 valence electrons. The molecule has 0 aliphatic carbocycles. The number of carbonyl (C=O) groups excluding carboxylic acids is 3. The summed E-state index contributed by atoms with van der Waals surface area (Å²) in [5.41, 5.74) is 0.775. The number of morpholine rings is 1. The fourth-order valence-corrected chi connectivity index (χ4v) is 9.83. The van der Waals surface area contributed by atoms with Gasteiger partial charge in [-0.1, -0.05) is 61.6 Å². The molecule has 1 aromatic carbocycles. The third kappa shape index (κ3) is 4.80. The molecule has 0 bridgehead atoms. The van der Waals surface area contributed by atoms with Crippen LogP contribution in [0.5, 0.6) is 0 Å². The number of aliphatic hydroxyl groups is 1. The van der Waals surface area contributed by atoms with Gasteiger partial charge in [-0.15, -0.1) is 11.8 Å². The molecule has 10 heteroatoms. The zero-order valence-electron chi connectivity index (χ0n) is 24.6. The highest BCUT2D eigenvalue weighted by Crippen LogP contribution is 2.66. The van der Waals surface area contributed by atoms with Gasteiger partial charge in [-0.2, -0.15) is 0 Å². The van der Waals surface area contributed by atoms with Gasteiger partial charge in [0, 0.05) is 50.6 Å². The van der Waals surface area contributed by atoms with Crippen molar-refractivity contribution in [1.82, 2.24) is 19.6 Å². The van der Waals surface area contributed by atoms with Crippen LogP contribution in [0.15, 0.2) is 54.6 Å². The van der Waals surface area contributed by atoms with Crippen LogP contribution in [0.1, 0.15) is 31.9 Å². The Hall–Kier alpha value is -2.66. The molecular formula is C32H42N4O5S. The second-order valence-electron chi connectivity index (χ2n) is 12.2. The van der Waals surface area contributed by atoms with Gasteiger partial charge in [0.05, 0.1) is 42.4 Å². The van der Waals surface area contributed by atoms with Crippen LogP contribution in [0.3, 0.4) is 0 Å². The molecule has 3 saturated heterocycles. The highest BCUT2D eigenvalue weighted by atomic mass is 32.2. The van der Waals surface area contributed by atoms with E-state index >= 15 is 0 Å². The van der Waals surface area contributed by atoms with Crippen LogP contribution in [0.4, 0.5) is 0 Å². The van der Waals surface area contributed by atoms with E-state index in [0.717, 1.165) is 31.6 Å². The van der Waals surface area contributed by atoms with Crippen molar-refractivity contribution in [1.29, 1.82) is 0 Å². The number of ether oxygens (including phenoxy) is 1. The van der Waals surface area contributed by atoms with Crippen molar-refractivity contribution in [2.75, 3.05) is 65.6 Å². The molecule has 0 aromatic heterocycles. The Morgan fingerprint density at radius 2 is 1.62 bits per heavy atom. The van der Waals surface area contributed by atoms with Crippen molar-refractivity contribution in [3.63, 3.8) is 0 Å². The molecule has 1 unspecified atom stereocenters. The molecule has 1 aromatic rings. The summed E-state index contributed by atoms with van der Waals surface area (Å²) in [5, 5.41) is 10.7. The highest BCUT2D eigenvalue weighted by molar-refractivity contribution is 8.02. The van der Waals surface area contributed by atoms with Crippen molar-refractivity contribution in [3.05, 3.63) is 60.2 Å². The van der Waals surface area contributed by atoms with Crippen LogP contribution < -0.4 is 0 Å². The quantitative estimate of drug-likeness (QED) is 0.460. The molecule has 42 heavy (non-hydrogen) atoms. The largest absolute Gasteiger partial charge is 0.394 e. The third-order valence-corrected chi connectivity index (χ3v) is 11.4. The van der Waals surface area contributed by atoms with Crippen LogP contribution in [0.25, 0.3) is 0 Å². The Balaban J connectivity index is 1.43. The monoisotopic (exact) mass is 594 g/mol. The molecule has 9 nitrogen and oxygen atoms in total. The molecule has 6 atom stereocenters. The summed E-state index contributed by atoms with van der Waals surface area (Å²) < 4.78 is 3.93. The maximum Gasteiger partial charge on any atom is 0.247 e. The number of thioether (sulfide) groups is 1. The summed E-state index contributed by atoms with van der Waals surface area (Å²) in [6, 6.07) is 7.90. The number of nitrogens with zero attached hydrogens (tertiary/aromatic N) is 4. The maximum atomic E-state index is 14.8. The van der Waals surface area contributed by atoms with Crippen LogP contribution in [-0.2, 0) is 19.1 Å². The highest BCUT2D eigenvalue weighted by Gasteiger charge is 2.74. The van der Waals surface area contributed by atoms with Gasteiger partial charge in [0.2, 0.25) is 17.7 Å². The molecule has 3 fully saturated rings. The zero-order chi connectivity index (χ0) is 29.5. The first-order valence-corrected chi connectivity index (χ1v) is 16.1. The maximum absolute atomic E-state index is 14.8. The first-order valence-electron chi connectivity index (χ1n) is 15.3. The summed E-state index contributed by atoms with van der Waals surface area (Å²) in [5.74, 6) is -1.70. The molecule has 1 N–H and O–H groups in total. The first kappa shape index (κ1) is 29.4. The molecule has 0 radical (unpaired) electrons. The van der Waals surface area contributed by atoms with Crippen LogP contribution >= 0.6 is 11.8 Å². The minimum absolute atomic E-state index is 0.0257. The lowest BCUT2D eigenvalue weighted by Gasteiger charge is -2.40. The van der Waals surface area contributed by atoms with Gasteiger partial charge in [-0.05, 0) is 18.9 Å². The van der Waals surface area contributed by atoms with Gasteiger partial charge in [0.15, 0.2) is 0 Å². The fraction of sp³-hybridized carbons (Fsp3) is 0.594. The van der Waals surface area contributed by atoms with E-state index in [1.165, 1.54) is 0 Å². The van der Waals surface area contributed by atoms with Crippen molar-refractivity contribution in [2.45, 2.75) is 41.8 Å². The van der Waals surface area contributed by atoms with Gasteiger partial charge in [-0.25, -0.2) is 0 Å². The summed E-state index contributed by atoms with van der Waals surface area (Å²) in [6.07, 6.45) is 9.05. The minimum Gasteiger partial charge on any atom is -0.394 e. The topological polar surface area (TPSA) is 93.6 Å². The summed E-state index contributed by atoms with van der Waals surface area (Å²) in [7, 11) is 0. The van der Waals surface area contributed by atoms with Crippen molar-refractivity contribution in [3.8, 4) is 0 Å². The Bertz CT molecular complexity index is 1250. The lowest BCUT2D eigenvalue weighted by molar-refractivity contribution is -0.147. The number of amides is 3. The number of hydrogen-bond donors (Lipinski definition) is 1. The molecule has 6 rings (SSSR count). The number of rotatable bonds is 8. The summed E-state index contributed by atoms with van der Waals surface area (Å²) in [4.78, 5) is 51.4. The Morgan fingerprint density at radius 3 is 2.31 bits per heavy atom. The SMILES string of the molecule is CCCN1CC=C[C@@]2(C)S[C@]34C=CCN(CCN5CCOCC5)C(=O)C3N([C@H](CO)c3ccccc3)C(=O)[C@@H]4[C@H]2C1=O. The molecular weight excluding hydrogens is 552 g/mol. The van der Waals surface area contributed by atoms with E-state index in [0.29, 0.717) is 39.4 Å². The predicted octanol–water partition coefficient (Wildman–Crippen LogP) is 1.95. The average Bonchev–Trinajstić information content (AvgIpc) is 3.27. The molecule has 1 spiro atoms. The van der Waals surface area contributed by atoms with Crippen molar-refractivity contribution < 1.29 is 24.2 Å². The van der Waals surface area contributed by atoms with E-state index in [4.69, 9.17) is 4.74 Å². The average molecular weight is 595 g/mol. The van der Waals surface area contributed by atoms with E-state index in [9.17, 15) is 19.5 Å². The molecule has 3 amide bonds. The van der Waals surface area contributed by atoms with Crippen LogP contribution in [0.2, 0.25) is 0 Å².